The lowest BCUT2D eigenvalue weighted by Crippen LogP contribution is -2.08. The van der Waals surface area contributed by atoms with Gasteiger partial charge in [-0.15, -0.1) is 5.10 Å². The number of alkyl halides is 3. The lowest BCUT2D eigenvalue weighted by molar-refractivity contribution is -0.137. The van der Waals surface area contributed by atoms with Crippen LogP contribution in [0.25, 0.3) is 17.0 Å². The molecule has 0 unspecified atom stereocenters. The Labute approximate surface area is 110 Å². The Hall–Kier alpha value is -2.64. The van der Waals surface area contributed by atoms with Crippen LogP contribution >= 0.6 is 0 Å². The SMILES string of the molecule is Nc1cc(C(F)(F)F)cn2nc(-c3ccncc3)nc12. The molecule has 3 rings (SSSR count). The predicted octanol–water partition coefficient (Wildman–Crippen LogP) is 2.39. The molecule has 3 aromatic rings. The fourth-order valence-corrected chi connectivity index (χ4v) is 1.79. The van der Waals surface area contributed by atoms with E-state index in [4.69, 9.17) is 5.73 Å². The molecule has 5 nitrogen and oxygen atoms in total. The van der Waals surface area contributed by atoms with E-state index in [2.05, 4.69) is 15.1 Å². The van der Waals surface area contributed by atoms with Crippen molar-refractivity contribution in [3.05, 3.63) is 42.4 Å². The average Bonchev–Trinajstić information content (AvgIpc) is 2.83. The van der Waals surface area contributed by atoms with E-state index in [0.29, 0.717) is 11.4 Å². The third-order valence-corrected chi connectivity index (χ3v) is 2.73. The van der Waals surface area contributed by atoms with Gasteiger partial charge in [-0.05, 0) is 18.2 Å². The van der Waals surface area contributed by atoms with E-state index in [-0.39, 0.29) is 11.3 Å². The largest absolute Gasteiger partial charge is 0.417 e. The summed E-state index contributed by atoms with van der Waals surface area (Å²) in [6, 6.07) is 4.17. The number of nitrogen functional groups attached to an aromatic ring is 1. The van der Waals surface area contributed by atoms with E-state index in [1.54, 1.807) is 24.5 Å². The Bertz CT molecular complexity index is 764. The van der Waals surface area contributed by atoms with E-state index in [0.717, 1.165) is 16.8 Å². The van der Waals surface area contributed by atoms with Crippen LogP contribution in [0.3, 0.4) is 0 Å². The van der Waals surface area contributed by atoms with Gasteiger partial charge < -0.3 is 5.73 Å². The second-order valence-corrected chi connectivity index (χ2v) is 4.12. The minimum absolute atomic E-state index is 0.0763. The number of hydrogen-bond donors (Lipinski definition) is 1. The molecule has 0 aliphatic carbocycles. The molecular formula is C12H8F3N5. The molecule has 3 aromatic heterocycles. The van der Waals surface area contributed by atoms with Crippen molar-refractivity contribution in [2.24, 2.45) is 0 Å². The minimum atomic E-state index is -4.48. The molecule has 8 heteroatoms. The van der Waals surface area contributed by atoms with Gasteiger partial charge in [-0.2, -0.15) is 13.2 Å². The van der Waals surface area contributed by atoms with Crippen LogP contribution in [0.2, 0.25) is 0 Å². The van der Waals surface area contributed by atoms with Crippen molar-refractivity contribution in [3.63, 3.8) is 0 Å². The van der Waals surface area contributed by atoms with Crippen molar-refractivity contribution >= 4 is 11.3 Å². The van der Waals surface area contributed by atoms with Crippen molar-refractivity contribution in [1.82, 2.24) is 19.6 Å². The molecule has 2 N–H and O–H groups in total. The highest BCUT2D eigenvalue weighted by atomic mass is 19.4. The van der Waals surface area contributed by atoms with Gasteiger partial charge in [0.1, 0.15) is 0 Å². The first-order valence-electron chi connectivity index (χ1n) is 5.58. The van der Waals surface area contributed by atoms with Gasteiger partial charge in [0, 0.05) is 24.2 Å². The Kier molecular flexibility index (Phi) is 2.60. The Morgan fingerprint density at radius 2 is 1.85 bits per heavy atom. The molecule has 0 amide bonds. The summed E-state index contributed by atoms with van der Waals surface area (Å²) in [5, 5.41) is 4.02. The topological polar surface area (TPSA) is 69.1 Å². The zero-order chi connectivity index (χ0) is 14.3. The first-order valence-corrected chi connectivity index (χ1v) is 5.58. The van der Waals surface area contributed by atoms with Crippen molar-refractivity contribution in [1.29, 1.82) is 0 Å². The number of hydrogen-bond acceptors (Lipinski definition) is 4. The number of rotatable bonds is 1. The van der Waals surface area contributed by atoms with Crippen LogP contribution < -0.4 is 5.73 Å². The molecular weight excluding hydrogens is 271 g/mol. The van der Waals surface area contributed by atoms with Crippen LogP contribution in [0.4, 0.5) is 18.9 Å². The Morgan fingerprint density at radius 1 is 1.15 bits per heavy atom. The molecule has 20 heavy (non-hydrogen) atoms. The quantitative estimate of drug-likeness (QED) is 0.742. The lowest BCUT2D eigenvalue weighted by Gasteiger charge is -2.07. The molecule has 0 fully saturated rings. The standard InChI is InChI=1S/C12H8F3N5/c13-12(14,15)8-5-9(16)11-18-10(19-20(11)6-8)7-1-3-17-4-2-7/h1-6H,16H2. The molecule has 0 aromatic carbocycles. The van der Waals surface area contributed by atoms with E-state index in [1.165, 1.54) is 0 Å². The summed E-state index contributed by atoms with van der Waals surface area (Å²) in [5.41, 5.74) is 5.50. The van der Waals surface area contributed by atoms with Crippen LogP contribution in [-0.2, 0) is 6.18 Å². The summed E-state index contributed by atoms with van der Waals surface area (Å²) in [7, 11) is 0. The summed E-state index contributed by atoms with van der Waals surface area (Å²) in [4.78, 5) is 7.99. The van der Waals surface area contributed by atoms with Crippen molar-refractivity contribution in [3.8, 4) is 11.4 Å². The number of fused-ring (bicyclic) bond motifs is 1. The average molecular weight is 279 g/mol. The van der Waals surface area contributed by atoms with Crippen molar-refractivity contribution in [2.75, 3.05) is 5.73 Å². The predicted molar refractivity (Wildman–Crippen MR) is 65.6 cm³/mol. The number of anilines is 1. The van der Waals surface area contributed by atoms with Crippen LogP contribution in [0, 0.1) is 0 Å². The molecule has 0 aliphatic heterocycles. The van der Waals surface area contributed by atoms with Gasteiger partial charge in [-0.25, -0.2) is 9.50 Å². The molecule has 0 spiro atoms. The van der Waals surface area contributed by atoms with Gasteiger partial charge >= 0.3 is 6.18 Å². The highest BCUT2D eigenvalue weighted by molar-refractivity contribution is 5.68. The normalized spacial score (nSPS) is 11.9. The summed E-state index contributed by atoms with van der Waals surface area (Å²) < 4.78 is 39.1. The number of nitrogens with zero attached hydrogens (tertiary/aromatic N) is 4. The maximum absolute atomic E-state index is 12.7. The van der Waals surface area contributed by atoms with E-state index in [9.17, 15) is 13.2 Å². The summed E-state index contributed by atoms with van der Waals surface area (Å²) in [5.74, 6) is 0.290. The Balaban J connectivity index is 2.19. The third kappa shape index (κ3) is 2.04. The molecule has 0 saturated heterocycles. The number of nitrogens with two attached hydrogens (primary N) is 1. The summed E-state index contributed by atoms with van der Waals surface area (Å²) in [6.45, 7) is 0. The van der Waals surface area contributed by atoms with Gasteiger partial charge in [-0.1, -0.05) is 0 Å². The summed E-state index contributed by atoms with van der Waals surface area (Å²) >= 11 is 0. The van der Waals surface area contributed by atoms with Gasteiger partial charge in [-0.3, -0.25) is 4.98 Å². The molecule has 0 aliphatic rings. The zero-order valence-electron chi connectivity index (χ0n) is 9.96. The zero-order valence-corrected chi connectivity index (χ0v) is 9.96. The molecule has 0 radical (unpaired) electrons. The van der Waals surface area contributed by atoms with Crippen LogP contribution in [0.1, 0.15) is 5.56 Å². The smallest absolute Gasteiger partial charge is 0.396 e. The lowest BCUT2D eigenvalue weighted by atomic mass is 10.2. The van der Waals surface area contributed by atoms with Crippen molar-refractivity contribution < 1.29 is 13.2 Å². The number of halogens is 3. The van der Waals surface area contributed by atoms with Crippen LogP contribution in [0.15, 0.2) is 36.8 Å². The Morgan fingerprint density at radius 3 is 2.50 bits per heavy atom. The second-order valence-electron chi connectivity index (χ2n) is 4.12. The maximum Gasteiger partial charge on any atom is 0.417 e. The van der Waals surface area contributed by atoms with E-state index >= 15 is 0 Å². The molecule has 102 valence electrons. The number of aromatic nitrogens is 4. The fraction of sp³-hybridized carbons (Fsp3) is 0.0833. The molecule has 0 saturated carbocycles. The maximum atomic E-state index is 12.7. The molecule has 3 heterocycles. The van der Waals surface area contributed by atoms with Crippen LogP contribution in [-0.4, -0.2) is 19.6 Å². The van der Waals surface area contributed by atoms with Gasteiger partial charge in [0.2, 0.25) is 0 Å². The highest BCUT2D eigenvalue weighted by Crippen LogP contribution is 2.31. The third-order valence-electron chi connectivity index (χ3n) is 2.73. The molecule has 0 atom stereocenters. The first-order chi connectivity index (χ1) is 9.45. The van der Waals surface area contributed by atoms with Gasteiger partial charge in [0.05, 0.1) is 11.3 Å². The summed E-state index contributed by atoms with van der Waals surface area (Å²) in [6.07, 6.45) is -0.522. The minimum Gasteiger partial charge on any atom is -0.396 e. The second kappa shape index (κ2) is 4.19. The van der Waals surface area contributed by atoms with Crippen molar-refractivity contribution in [2.45, 2.75) is 6.18 Å². The van der Waals surface area contributed by atoms with E-state index in [1.807, 2.05) is 0 Å². The first kappa shape index (κ1) is 12.4. The fourth-order valence-electron chi connectivity index (χ4n) is 1.79. The van der Waals surface area contributed by atoms with Crippen LogP contribution in [0.5, 0.6) is 0 Å². The highest BCUT2D eigenvalue weighted by Gasteiger charge is 2.32. The van der Waals surface area contributed by atoms with E-state index < -0.39 is 11.7 Å². The monoisotopic (exact) mass is 279 g/mol. The van der Waals surface area contributed by atoms with Gasteiger partial charge in [0.25, 0.3) is 0 Å². The van der Waals surface area contributed by atoms with Gasteiger partial charge in [0.15, 0.2) is 11.5 Å². The number of pyridine rings is 2. The molecule has 0 bridgehead atoms.